The summed E-state index contributed by atoms with van der Waals surface area (Å²) in [5.74, 6) is -0.114. The Bertz CT molecular complexity index is 804. The van der Waals surface area contributed by atoms with E-state index in [1.54, 1.807) is 6.07 Å². The summed E-state index contributed by atoms with van der Waals surface area (Å²) in [6.45, 7) is 0.748. The fourth-order valence-corrected chi connectivity index (χ4v) is 2.63. The summed E-state index contributed by atoms with van der Waals surface area (Å²) < 4.78 is 41.1. The Morgan fingerprint density at radius 2 is 1.88 bits per heavy atom. The van der Waals surface area contributed by atoms with Gasteiger partial charge in [-0.2, -0.15) is 0 Å². The molecule has 0 bridgehead atoms. The average molecular weight is 351 g/mol. The van der Waals surface area contributed by atoms with Crippen molar-refractivity contribution in [3.63, 3.8) is 0 Å². The van der Waals surface area contributed by atoms with Crippen molar-refractivity contribution in [1.29, 1.82) is 0 Å². The van der Waals surface area contributed by atoms with Gasteiger partial charge in [-0.05, 0) is 48.9 Å². The molecular formula is C17H18FNO4S. The van der Waals surface area contributed by atoms with Crippen molar-refractivity contribution in [3.05, 3.63) is 59.9 Å². The van der Waals surface area contributed by atoms with Crippen LogP contribution in [0.2, 0.25) is 0 Å². The molecule has 0 aliphatic heterocycles. The third-order valence-corrected chi connectivity index (χ3v) is 4.32. The van der Waals surface area contributed by atoms with Gasteiger partial charge in [0.15, 0.2) is 9.84 Å². The average Bonchev–Trinajstić information content (AvgIpc) is 2.55. The van der Waals surface area contributed by atoms with Gasteiger partial charge in [0, 0.05) is 18.4 Å². The van der Waals surface area contributed by atoms with E-state index >= 15 is 0 Å². The second kappa shape index (κ2) is 7.92. The number of rotatable bonds is 7. The molecule has 2 aromatic rings. The standard InChI is InChI=1S/C17H18FNO4S/c1-24(21,22)16-5-2-4-13(12-16)17(20)19-10-3-11-23-15-8-6-14(18)7-9-15/h2,4-9,12H,3,10-11H2,1H3,(H,19,20). The minimum absolute atomic E-state index is 0.106. The van der Waals surface area contributed by atoms with Crippen LogP contribution in [0.3, 0.4) is 0 Å². The summed E-state index contributed by atoms with van der Waals surface area (Å²) >= 11 is 0. The zero-order chi connectivity index (χ0) is 17.6. The molecule has 0 radical (unpaired) electrons. The second-order valence-electron chi connectivity index (χ2n) is 5.21. The van der Waals surface area contributed by atoms with Crippen molar-refractivity contribution >= 4 is 15.7 Å². The summed E-state index contributed by atoms with van der Waals surface area (Å²) in [5.41, 5.74) is 0.289. The monoisotopic (exact) mass is 351 g/mol. The zero-order valence-electron chi connectivity index (χ0n) is 13.2. The molecule has 24 heavy (non-hydrogen) atoms. The number of ether oxygens (including phenoxy) is 1. The Morgan fingerprint density at radius 3 is 2.54 bits per heavy atom. The van der Waals surface area contributed by atoms with Gasteiger partial charge in [-0.25, -0.2) is 12.8 Å². The van der Waals surface area contributed by atoms with Crippen LogP contribution < -0.4 is 10.1 Å². The predicted molar refractivity (Wildman–Crippen MR) is 88.4 cm³/mol. The highest BCUT2D eigenvalue weighted by Crippen LogP contribution is 2.12. The highest BCUT2D eigenvalue weighted by Gasteiger charge is 2.11. The molecule has 0 heterocycles. The van der Waals surface area contributed by atoms with Crippen molar-refractivity contribution in [1.82, 2.24) is 5.32 Å². The minimum atomic E-state index is -3.35. The van der Waals surface area contributed by atoms with Crippen molar-refractivity contribution in [2.45, 2.75) is 11.3 Å². The molecule has 7 heteroatoms. The van der Waals surface area contributed by atoms with Crippen LogP contribution in [0.1, 0.15) is 16.8 Å². The van der Waals surface area contributed by atoms with Gasteiger partial charge in [-0.1, -0.05) is 6.07 Å². The molecule has 0 saturated carbocycles. The Hall–Kier alpha value is -2.41. The van der Waals surface area contributed by atoms with Crippen molar-refractivity contribution in [2.75, 3.05) is 19.4 Å². The number of amides is 1. The molecule has 0 aliphatic rings. The van der Waals surface area contributed by atoms with Gasteiger partial charge in [0.1, 0.15) is 11.6 Å². The van der Waals surface area contributed by atoms with Crippen LogP contribution in [0.25, 0.3) is 0 Å². The number of benzene rings is 2. The van der Waals surface area contributed by atoms with Crippen LogP contribution in [0.4, 0.5) is 4.39 Å². The van der Waals surface area contributed by atoms with E-state index in [9.17, 15) is 17.6 Å². The molecule has 0 aliphatic carbocycles. The molecule has 128 valence electrons. The van der Waals surface area contributed by atoms with E-state index in [0.717, 1.165) is 6.26 Å². The Morgan fingerprint density at radius 1 is 1.17 bits per heavy atom. The summed E-state index contributed by atoms with van der Waals surface area (Å²) in [6.07, 6.45) is 1.66. The normalized spacial score (nSPS) is 11.1. The van der Waals surface area contributed by atoms with E-state index < -0.39 is 9.84 Å². The first-order valence-corrected chi connectivity index (χ1v) is 9.22. The fraction of sp³-hybridized carbons (Fsp3) is 0.235. The molecule has 1 N–H and O–H groups in total. The van der Waals surface area contributed by atoms with E-state index in [-0.39, 0.29) is 22.2 Å². The fourth-order valence-electron chi connectivity index (χ4n) is 1.96. The first-order valence-electron chi connectivity index (χ1n) is 7.33. The van der Waals surface area contributed by atoms with Crippen LogP contribution in [-0.2, 0) is 9.84 Å². The van der Waals surface area contributed by atoms with Gasteiger partial charge >= 0.3 is 0 Å². The van der Waals surface area contributed by atoms with Crippen LogP contribution >= 0.6 is 0 Å². The molecular weight excluding hydrogens is 333 g/mol. The minimum Gasteiger partial charge on any atom is -0.494 e. The Kier molecular flexibility index (Phi) is 5.92. The molecule has 0 spiro atoms. The number of halogens is 1. The van der Waals surface area contributed by atoms with E-state index in [2.05, 4.69) is 5.32 Å². The molecule has 0 unspecified atom stereocenters. The molecule has 5 nitrogen and oxygen atoms in total. The van der Waals surface area contributed by atoms with E-state index in [1.807, 2.05) is 0 Å². The van der Waals surface area contributed by atoms with E-state index in [1.165, 1.54) is 42.5 Å². The van der Waals surface area contributed by atoms with Gasteiger partial charge in [0.25, 0.3) is 5.91 Å². The van der Waals surface area contributed by atoms with Crippen molar-refractivity contribution < 1.29 is 22.3 Å². The first-order chi connectivity index (χ1) is 11.4. The maximum absolute atomic E-state index is 12.7. The molecule has 0 fully saturated rings. The van der Waals surface area contributed by atoms with Crippen LogP contribution in [-0.4, -0.2) is 33.7 Å². The van der Waals surface area contributed by atoms with Gasteiger partial charge in [0.05, 0.1) is 11.5 Å². The molecule has 2 rings (SSSR count). The van der Waals surface area contributed by atoms with Gasteiger partial charge in [-0.3, -0.25) is 4.79 Å². The summed E-state index contributed by atoms with van der Waals surface area (Å²) in [6, 6.07) is 11.6. The Labute approximate surface area is 140 Å². The number of hydrogen-bond acceptors (Lipinski definition) is 4. The molecule has 0 atom stereocenters. The number of hydrogen-bond donors (Lipinski definition) is 1. The smallest absolute Gasteiger partial charge is 0.251 e. The maximum atomic E-state index is 12.7. The first kappa shape index (κ1) is 17.9. The maximum Gasteiger partial charge on any atom is 0.251 e. The molecule has 1 amide bonds. The summed E-state index contributed by atoms with van der Waals surface area (Å²) in [7, 11) is -3.35. The number of carbonyl (C=O) groups excluding carboxylic acids is 1. The van der Waals surface area contributed by atoms with Crippen LogP contribution in [0.15, 0.2) is 53.4 Å². The third kappa shape index (κ3) is 5.34. The largest absolute Gasteiger partial charge is 0.494 e. The lowest BCUT2D eigenvalue weighted by molar-refractivity contribution is 0.0951. The summed E-state index contributed by atoms with van der Waals surface area (Å²) in [5, 5.41) is 2.70. The molecule has 2 aromatic carbocycles. The lowest BCUT2D eigenvalue weighted by Crippen LogP contribution is -2.25. The number of carbonyl (C=O) groups is 1. The highest BCUT2D eigenvalue weighted by atomic mass is 32.2. The van der Waals surface area contributed by atoms with Gasteiger partial charge in [-0.15, -0.1) is 0 Å². The van der Waals surface area contributed by atoms with E-state index in [4.69, 9.17) is 4.74 Å². The second-order valence-corrected chi connectivity index (χ2v) is 7.23. The lowest BCUT2D eigenvalue weighted by Gasteiger charge is -2.08. The molecule has 0 saturated heterocycles. The van der Waals surface area contributed by atoms with Crippen molar-refractivity contribution in [2.24, 2.45) is 0 Å². The molecule has 0 aromatic heterocycles. The van der Waals surface area contributed by atoms with E-state index in [0.29, 0.717) is 25.3 Å². The van der Waals surface area contributed by atoms with Crippen LogP contribution in [0.5, 0.6) is 5.75 Å². The zero-order valence-corrected chi connectivity index (χ0v) is 14.0. The number of nitrogens with one attached hydrogen (secondary N) is 1. The SMILES string of the molecule is CS(=O)(=O)c1cccc(C(=O)NCCCOc2ccc(F)cc2)c1. The Balaban J connectivity index is 1.78. The third-order valence-electron chi connectivity index (χ3n) is 3.21. The highest BCUT2D eigenvalue weighted by molar-refractivity contribution is 7.90. The van der Waals surface area contributed by atoms with Crippen LogP contribution in [0, 0.1) is 5.82 Å². The lowest BCUT2D eigenvalue weighted by atomic mass is 10.2. The van der Waals surface area contributed by atoms with Gasteiger partial charge in [0.2, 0.25) is 0 Å². The predicted octanol–water partition coefficient (Wildman–Crippen LogP) is 2.43. The van der Waals surface area contributed by atoms with Gasteiger partial charge < -0.3 is 10.1 Å². The van der Waals surface area contributed by atoms with Crippen molar-refractivity contribution in [3.8, 4) is 5.75 Å². The topological polar surface area (TPSA) is 72.5 Å². The number of sulfone groups is 1. The quantitative estimate of drug-likeness (QED) is 0.778. The summed E-state index contributed by atoms with van der Waals surface area (Å²) in [4.78, 5) is 12.1.